The first kappa shape index (κ1) is 17.4. The highest BCUT2D eigenvalue weighted by Gasteiger charge is 2.18. The molecule has 0 saturated heterocycles. The third kappa shape index (κ3) is 6.95. The van der Waals surface area contributed by atoms with E-state index in [1.54, 1.807) is 0 Å². The fourth-order valence-electron chi connectivity index (χ4n) is 2.55. The molecule has 0 heterocycles. The first-order valence-corrected chi connectivity index (χ1v) is 7.19. The summed E-state index contributed by atoms with van der Waals surface area (Å²) in [5, 5.41) is 7.00. The number of hydrogen-bond acceptors (Lipinski definition) is 2. The molecule has 1 rings (SSSR count). The maximum absolute atomic E-state index is 10.9. The Morgan fingerprint density at radius 1 is 1.28 bits per heavy atom. The van der Waals surface area contributed by atoms with E-state index >= 15 is 0 Å². The Hall–Kier alpha value is -0.630. The summed E-state index contributed by atoms with van der Waals surface area (Å²) in [6.07, 6.45) is 11.0. The zero-order valence-corrected chi connectivity index (χ0v) is 12.5. The Morgan fingerprint density at radius 3 is 2.56 bits per heavy atom. The molecule has 0 radical (unpaired) electrons. The summed E-state index contributed by atoms with van der Waals surface area (Å²) in [5.74, 6) is 1.64. The van der Waals surface area contributed by atoms with Crippen molar-refractivity contribution in [1.29, 1.82) is 0 Å². The number of hydrogen-bond donors (Lipinski definition) is 1. The molecule has 0 amide bonds. The third-order valence-corrected chi connectivity index (χ3v) is 4.05. The van der Waals surface area contributed by atoms with Crippen LogP contribution in [0.4, 0.5) is 0 Å². The Labute approximate surface area is 112 Å². The van der Waals surface area contributed by atoms with E-state index in [1.807, 2.05) is 0 Å². The van der Waals surface area contributed by atoms with Crippen molar-refractivity contribution in [3.05, 3.63) is 11.6 Å². The van der Waals surface area contributed by atoms with Crippen LogP contribution in [0.15, 0.2) is 11.6 Å². The van der Waals surface area contributed by atoms with E-state index in [4.69, 9.17) is 5.11 Å². The fraction of sp³-hybridized carbons (Fsp3) is 0.812. The maximum Gasteiger partial charge on any atom is 0.123 e. The van der Waals surface area contributed by atoms with Crippen molar-refractivity contribution in [2.75, 3.05) is 7.11 Å². The van der Waals surface area contributed by atoms with E-state index in [0.717, 1.165) is 19.3 Å². The van der Waals surface area contributed by atoms with Gasteiger partial charge in [0.1, 0.15) is 6.29 Å². The minimum Gasteiger partial charge on any atom is -0.400 e. The number of rotatable bonds is 2. The van der Waals surface area contributed by atoms with Gasteiger partial charge in [-0.25, -0.2) is 0 Å². The fourth-order valence-corrected chi connectivity index (χ4v) is 2.55. The van der Waals surface area contributed by atoms with Gasteiger partial charge in [-0.15, -0.1) is 0 Å². The lowest BCUT2D eigenvalue weighted by atomic mass is 9.82. The molecule has 0 aromatic rings. The minimum atomic E-state index is 0.236. The van der Waals surface area contributed by atoms with E-state index in [-0.39, 0.29) is 5.92 Å². The number of allylic oxidation sites excluding steroid dienone is 2. The van der Waals surface area contributed by atoms with E-state index in [2.05, 4.69) is 26.8 Å². The van der Waals surface area contributed by atoms with Crippen LogP contribution < -0.4 is 0 Å². The molecule has 0 aromatic carbocycles. The van der Waals surface area contributed by atoms with Crippen LogP contribution in [-0.4, -0.2) is 18.5 Å². The van der Waals surface area contributed by atoms with Gasteiger partial charge in [0.25, 0.3) is 0 Å². The first-order valence-electron chi connectivity index (χ1n) is 7.19. The summed E-state index contributed by atoms with van der Waals surface area (Å²) in [7, 11) is 1.00. The van der Waals surface area contributed by atoms with Crippen LogP contribution in [0.3, 0.4) is 0 Å². The van der Waals surface area contributed by atoms with Gasteiger partial charge in [0.2, 0.25) is 0 Å². The molecular weight excluding hydrogens is 224 g/mol. The molecule has 3 atom stereocenters. The smallest absolute Gasteiger partial charge is 0.123 e. The van der Waals surface area contributed by atoms with Crippen molar-refractivity contribution >= 4 is 6.29 Å². The minimum absolute atomic E-state index is 0.236. The van der Waals surface area contributed by atoms with Gasteiger partial charge in [-0.2, -0.15) is 0 Å². The quantitative estimate of drug-likeness (QED) is 0.598. The normalized spacial score (nSPS) is 30.2. The molecule has 2 unspecified atom stereocenters. The van der Waals surface area contributed by atoms with Gasteiger partial charge < -0.3 is 9.90 Å². The summed E-state index contributed by atoms with van der Waals surface area (Å²) in [4.78, 5) is 10.9. The van der Waals surface area contributed by atoms with Crippen molar-refractivity contribution in [3.63, 3.8) is 0 Å². The number of aliphatic hydroxyl groups is 1. The summed E-state index contributed by atoms with van der Waals surface area (Å²) in [6.45, 7) is 6.65. The average molecular weight is 254 g/mol. The average Bonchev–Trinajstić information content (AvgIpc) is 2.40. The topological polar surface area (TPSA) is 37.3 Å². The molecule has 0 aliphatic heterocycles. The predicted octanol–water partition coefficient (Wildman–Crippen LogP) is 3.98. The van der Waals surface area contributed by atoms with Gasteiger partial charge in [0.05, 0.1) is 0 Å². The highest BCUT2D eigenvalue weighted by Crippen LogP contribution is 2.28. The third-order valence-electron chi connectivity index (χ3n) is 4.05. The van der Waals surface area contributed by atoms with Crippen molar-refractivity contribution in [1.82, 2.24) is 0 Å². The standard InChI is InChI=1S/C15H26O.CH4O/c1-12-5-4-6-13(2)8-10-15(9-7-12)14(3)11-16;1-2/h5,11,13-15H,4,6-10H2,1-3H3;2H,1H3/b12-5+;/t13?,14-,15?;/m1./s1. The Balaban J connectivity index is 0.00000137. The largest absolute Gasteiger partial charge is 0.400 e. The van der Waals surface area contributed by atoms with E-state index in [9.17, 15) is 4.79 Å². The van der Waals surface area contributed by atoms with E-state index < -0.39 is 0 Å². The first-order chi connectivity index (χ1) is 8.63. The second-order valence-electron chi connectivity index (χ2n) is 5.60. The maximum atomic E-state index is 10.9. The van der Waals surface area contributed by atoms with Crippen molar-refractivity contribution in [2.45, 2.75) is 59.3 Å². The number of carbonyl (C=O) groups excluding carboxylic acids is 1. The molecule has 0 bridgehead atoms. The molecule has 0 saturated carbocycles. The van der Waals surface area contributed by atoms with Crippen LogP contribution in [0.25, 0.3) is 0 Å². The van der Waals surface area contributed by atoms with Crippen LogP contribution in [0.2, 0.25) is 0 Å². The monoisotopic (exact) mass is 254 g/mol. The number of carbonyl (C=O) groups is 1. The molecule has 1 N–H and O–H groups in total. The highest BCUT2D eigenvalue weighted by atomic mass is 16.2. The Morgan fingerprint density at radius 2 is 1.94 bits per heavy atom. The SMILES string of the molecule is C/C1=C\CCC(C)CCC([C@H](C)C=O)CC1.CO. The molecular formula is C16H30O2. The van der Waals surface area contributed by atoms with Crippen LogP contribution in [0.5, 0.6) is 0 Å². The lowest BCUT2D eigenvalue weighted by Gasteiger charge is -2.23. The van der Waals surface area contributed by atoms with Gasteiger partial charge in [-0.3, -0.25) is 0 Å². The van der Waals surface area contributed by atoms with Crippen molar-refractivity contribution < 1.29 is 9.90 Å². The molecule has 106 valence electrons. The lowest BCUT2D eigenvalue weighted by Crippen LogP contribution is -2.15. The Kier molecular flexibility index (Phi) is 9.95. The molecule has 0 spiro atoms. The lowest BCUT2D eigenvalue weighted by molar-refractivity contribution is -0.112. The molecule has 18 heavy (non-hydrogen) atoms. The summed E-state index contributed by atoms with van der Waals surface area (Å²) >= 11 is 0. The zero-order chi connectivity index (χ0) is 14.0. The Bertz CT molecular complexity index is 245. The molecule has 1 aliphatic carbocycles. The second-order valence-corrected chi connectivity index (χ2v) is 5.60. The molecule has 2 nitrogen and oxygen atoms in total. The molecule has 0 aromatic heterocycles. The van der Waals surface area contributed by atoms with Crippen LogP contribution in [0, 0.1) is 17.8 Å². The molecule has 2 heteroatoms. The second kappa shape index (κ2) is 10.3. The number of aliphatic hydroxyl groups excluding tert-OH is 1. The van der Waals surface area contributed by atoms with Crippen molar-refractivity contribution in [2.24, 2.45) is 17.8 Å². The summed E-state index contributed by atoms with van der Waals surface area (Å²) in [5.41, 5.74) is 1.51. The van der Waals surface area contributed by atoms with E-state index in [0.29, 0.717) is 5.92 Å². The van der Waals surface area contributed by atoms with E-state index in [1.165, 1.54) is 44.1 Å². The van der Waals surface area contributed by atoms with Gasteiger partial charge >= 0.3 is 0 Å². The van der Waals surface area contributed by atoms with Crippen LogP contribution >= 0.6 is 0 Å². The number of aldehydes is 1. The molecule has 0 fully saturated rings. The highest BCUT2D eigenvalue weighted by molar-refractivity contribution is 5.53. The van der Waals surface area contributed by atoms with Gasteiger partial charge in [-0.05, 0) is 50.9 Å². The van der Waals surface area contributed by atoms with Crippen LogP contribution in [-0.2, 0) is 4.79 Å². The predicted molar refractivity (Wildman–Crippen MR) is 77.5 cm³/mol. The summed E-state index contributed by atoms with van der Waals surface area (Å²) < 4.78 is 0. The van der Waals surface area contributed by atoms with Gasteiger partial charge in [0, 0.05) is 13.0 Å². The van der Waals surface area contributed by atoms with Crippen molar-refractivity contribution in [3.8, 4) is 0 Å². The van der Waals surface area contributed by atoms with Gasteiger partial charge in [-0.1, -0.05) is 31.9 Å². The summed E-state index contributed by atoms with van der Waals surface area (Å²) in [6, 6.07) is 0. The zero-order valence-electron chi connectivity index (χ0n) is 12.5. The van der Waals surface area contributed by atoms with Crippen LogP contribution in [0.1, 0.15) is 59.3 Å². The molecule has 1 aliphatic rings. The van der Waals surface area contributed by atoms with Gasteiger partial charge in [0.15, 0.2) is 0 Å².